The monoisotopic (exact) mass is 584 g/mol. The van der Waals surface area contributed by atoms with E-state index in [1.807, 2.05) is 54.6 Å². The van der Waals surface area contributed by atoms with Crippen LogP contribution in [0.2, 0.25) is 0 Å². The lowest BCUT2D eigenvalue weighted by atomic mass is 10.1. The minimum atomic E-state index is -3.69. The lowest BCUT2D eigenvalue weighted by Crippen LogP contribution is -2.48. The van der Waals surface area contributed by atoms with Gasteiger partial charge in [-0.25, -0.2) is 8.42 Å². The molecular weight excluding hydrogens is 552 g/mol. The Morgan fingerprint density at radius 3 is 2.00 bits per heavy atom. The van der Waals surface area contributed by atoms with Crippen LogP contribution in [0, 0.1) is 0 Å². The molecule has 9 nitrogen and oxygen atoms in total. The van der Waals surface area contributed by atoms with Gasteiger partial charge in [-0.1, -0.05) is 42.5 Å². The first kappa shape index (κ1) is 28.8. The van der Waals surface area contributed by atoms with Crippen LogP contribution in [0.3, 0.4) is 0 Å². The van der Waals surface area contributed by atoms with Crippen LogP contribution >= 0.6 is 0 Å². The summed E-state index contributed by atoms with van der Waals surface area (Å²) in [6.07, 6.45) is 0.258. The molecule has 0 unspecified atom stereocenters. The van der Waals surface area contributed by atoms with Crippen LogP contribution < -0.4 is 20.3 Å². The van der Waals surface area contributed by atoms with E-state index in [1.54, 1.807) is 43.5 Å². The number of rotatable bonds is 9. The van der Waals surface area contributed by atoms with Crippen molar-refractivity contribution < 1.29 is 22.7 Å². The lowest BCUT2D eigenvalue weighted by molar-refractivity contribution is -0.115. The summed E-state index contributed by atoms with van der Waals surface area (Å²) < 4.78 is 33.5. The molecular formula is C32H32N4O5S. The summed E-state index contributed by atoms with van der Waals surface area (Å²) in [5, 5.41) is 5.62. The molecule has 42 heavy (non-hydrogen) atoms. The van der Waals surface area contributed by atoms with Crippen LogP contribution in [0.1, 0.15) is 15.9 Å². The van der Waals surface area contributed by atoms with Crippen molar-refractivity contribution in [1.82, 2.24) is 4.31 Å². The van der Waals surface area contributed by atoms with Crippen molar-refractivity contribution in [3.05, 3.63) is 114 Å². The van der Waals surface area contributed by atoms with E-state index in [-0.39, 0.29) is 23.1 Å². The molecule has 216 valence electrons. The number of benzene rings is 4. The highest BCUT2D eigenvalue weighted by atomic mass is 32.2. The third-order valence-electron chi connectivity index (χ3n) is 7.05. The van der Waals surface area contributed by atoms with Gasteiger partial charge in [0.1, 0.15) is 5.75 Å². The average Bonchev–Trinajstić information content (AvgIpc) is 3.02. The van der Waals surface area contributed by atoms with Crippen molar-refractivity contribution in [2.75, 3.05) is 48.8 Å². The Morgan fingerprint density at radius 2 is 1.33 bits per heavy atom. The van der Waals surface area contributed by atoms with Crippen molar-refractivity contribution in [2.45, 2.75) is 11.3 Å². The summed E-state index contributed by atoms with van der Waals surface area (Å²) >= 11 is 0. The fourth-order valence-electron chi connectivity index (χ4n) is 4.81. The number of methoxy groups -OCH3 is 1. The van der Waals surface area contributed by atoms with Crippen LogP contribution in [-0.4, -0.2) is 57.8 Å². The van der Waals surface area contributed by atoms with Gasteiger partial charge in [0.05, 0.1) is 24.1 Å². The number of anilines is 3. The van der Waals surface area contributed by atoms with Crippen molar-refractivity contribution in [1.29, 1.82) is 0 Å². The number of hydrogen-bond acceptors (Lipinski definition) is 6. The third-order valence-corrected chi connectivity index (χ3v) is 8.97. The van der Waals surface area contributed by atoms with Gasteiger partial charge in [-0.15, -0.1) is 0 Å². The van der Waals surface area contributed by atoms with Crippen LogP contribution in [0.25, 0.3) is 0 Å². The predicted octanol–water partition coefficient (Wildman–Crippen LogP) is 4.64. The number of sulfonamides is 1. The van der Waals surface area contributed by atoms with E-state index in [4.69, 9.17) is 4.74 Å². The zero-order valence-corrected chi connectivity index (χ0v) is 24.0. The predicted molar refractivity (Wildman–Crippen MR) is 164 cm³/mol. The minimum Gasteiger partial charge on any atom is -0.495 e. The van der Waals surface area contributed by atoms with Crippen molar-refractivity contribution in [2.24, 2.45) is 0 Å². The quantitative estimate of drug-likeness (QED) is 0.297. The fourth-order valence-corrected chi connectivity index (χ4v) is 6.24. The normalized spacial score (nSPS) is 13.8. The minimum absolute atomic E-state index is 0.147. The number of nitrogens with one attached hydrogen (secondary N) is 2. The SMILES string of the molecule is COc1ccccc1N1CCN(S(=O)(=O)c2ccc(NC(=O)c3ccc(NC(=O)Cc4ccccc4)cc3)cc2)CC1. The Kier molecular flexibility index (Phi) is 8.85. The second-order valence-corrected chi connectivity index (χ2v) is 11.8. The molecule has 1 fully saturated rings. The number of hydrogen-bond donors (Lipinski definition) is 2. The highest BCUT2D eigenvalue weighted by molar-refractivity contribution is 7.89. The van der Waals surface area contributed by atoms with Gasteiger partial charge in [-0.3, -0.25) is 9.59 Å². The molecule has 2 N–H and O–H groups in total. The summed E-state index contributed by atoms with van der Waals surface area (Å²) in [4.78, 5) is 27.4. The smallest absolute Gasteiger partial charge is 0.255 e. The van der Waals surface area contributed by atoms with E-state index in [0.717, 1.165) is 17.0 Å². The first-order valence-electron chi connectivity index (χ1n) is 13.6. The van der Waals surface area contributed by atoms with Gasteiger partial charge < -0.3 is 20.3 Å². The highest BCUT2D eigenvalue weighted by Crippen LogP contribution is 2.29. The van der Waals surface area contributed by atoms with Gasteiger partial charge in [0, 0.05) is 43.1 Å². The van der Waals surface area contributed by atoms with E-state index in [9.17, 15) is 18.0 Å². The second-order valence-electron chi connectivity index (χ2n) is 9.83. The van der Waals surface area contributed by atoms with E-state index < -0.39 is 10.0 Å². The average molecular weight is 585 g/mol. The molecule has 2 amide bonds. The van der Waals surface area contributed by atoms with Gasteiger partial charge in [0.2, 0.25) is 15.9 Å². The number of amides is 2. The zero-order chi connectivity index (χ0) is 29.5. The summed E-state index contributed by atoms with van der Waals surface area (Å²) in [7, 11) is -2.07. The van der Waals surface area contributed by atoms with Crippen LogP contribution in [0.5, 0.6) is 5.75 Å². The fraction of sp³-hybridized carbons (Fsp3) is 0.188. The van der Waals surface area contributed by atoms with Gasteiger partial charge >= 0.3 is 0 Å². The Bertz CT molecular complexity index is 1630. The molecule has 0 aromatic heterocycles. The summed E-state index contributed by atoms with van der Waals surface area (Å²) in [5.41, 5.74) is 3.32. The largest absolute Gasteiger partial charge is 0.495 e. The zero-order valence-electron chi connectivity index (χ0n) is 23.2. The molecule has 1 aliphatic rings. The van der Waals surface area contributed by atoms with Crippen LogP contribution in [0.4, 0.5) is 17.1 Å². The number of para-hydroxylation sites is 2. The first-order valence-corrected chi connectivity index (χ1v) is 15.0. The van der Waals surface area contributed by atoms with E-state index >= 15 is 0 Å². The van der Waals surface area contributed by atoms with Crippen molar-refractivity contribution in [3.8, 4) is 5.75 Å². The van der Waals surface area contributed by atoms with E-state index in [2.05, 4.69) is 15.5 Å². The molecule has 0 saturated carbocycles. The van der Waals surface area contributed by atoms with Crippen molar-refractivity contribution >= 4 is 38.9 Å². The Balaban J connectivity index is 1.15. The molecule has 4 aromatic rings. The molecule has 5 rings (SSSR count). The number of piperazine rings is 1. The Hall–Kier alpha value is -4.67. The van der Waals surface area contributed by atoms with Gasteiger partial charge in [0.15, 0.2) is 0 Å². The van der Waals surface area contributed by atoms with Crippen LogP contribution in [0.15, 0.2) is 108 Å². The molecule has 0 bridgehead atoms. The maximum Gasteiger partial charge on any atom is 0.255 e. The highest BCUT2D eigenvalue weighted by Gasteiger charge is 2.29. The summed E-state index contributed by atoms with van der Waals surface area (Å²) in [6.45, 7) is 1.79. The molecule has 0 radical (unpaired) electrons. The summed E-state index contributed by atoms with van der Waals surface area (Å²) in [6, 6.07) is 29.9. The second kappa shape index (κ2) is 12.9. The number of carbonyl (C=O) groups excluding carboxylic acids is 2. The summed E-state index contributed by atoms with van der Waals surface area (Å²) in [5.74, 6) is 0.264. The standard InChI is InChI=1S/C32H32N4O5S/c1-41-30-10-6-5-9-29(30)35-19-21-36(22-20-35)42(39,40)28-17-15-27(16-18-28)34-32(38)25-11-13-26(14-12-25)33-31(37)23-24-7-3-2-4-8-24/h2-18H,19-23H2,1H3,(H,33,37)(H,34,38). The maximum atomic E-state index is 13.3. The Labute approximate surface area is 245 Å². The molecule has 4 aromatic carbocycles. The van der Waals surface area contributed by atoms with E-state index in [1.165, 1.54) is 16.4 Å². The van der Waals surface area contributed by atoms with Gasteiger partial charge in [-0.05, 0) is 66.2 Å². The third kappa shape index (κ3) is 6.79. The topological polar surface area (TPSA) is 108 Å². The molecule has 0 atom stereocenters. The van der Waals surface area contributed by atoms with Gasteiger partial charge in [-0.2, -0.15) is 4.31 Å². The maximum absolute atomic E-state index is 13.3. The lowest BCUT2D eigenvalue weighted by Gasteiger charge is -2.35. The Morgan fingerprint density at radius 1 is 0.738 bits per heavy atom. The van der Waals surface area contributed by atoms with Gasteiger partial charge in [0.25, 0.3) is 5.91 Å². The van der Waals surface area contributed by atoms with Crippen molar-refractivity contribution in [3.63, 3.8) is 0 Å². The molecule has 0 aliphatic carbocycles. The molecule has 1 aliphatic heterocycles. The number of carbonyl (C=O) groups is 2. The van der Waals surface area contributed by atoms with Crippen LogP contribution in [-0.2, 0) is 21.2 Å². The number of nitrogens with zero attached hydrogens (tertiary/aromatic N) is 2. The molecule has 0 spiro atoms. The molecule has 1 heterocycles. The number of ether oxygens (including phenoxy) is 1. The van der Waals surface area contributed by atoms with E-state index in [0.29, 0.717) is 43.1 Å². The molecule has 1 saturated heterocycles. The first-order chi connectivity index (χ1) is 20.3. The molecule has 10 heteroatoms.